The molecule has 3 aromatic rings. The SMILES string of the molecule is COC(=O)[C@H]1CCN1C(=O)N(c1ccc(C2CC2)cc1F)C(C(=O)OCc1ccccc1)c1cnccc1C(F)(F)F. The molecule has 0 N–H and O–H groups in total. The lowest BCUT2D eigenvalue weighted by molar-refractivity contribution is -0.149. The van der Waals surface area contributed by atoms with E-state index in [1.54, 1.807) is 36.4 Å². The van der Waals surface area contributed by atoms with E-state index in [9.17, 15) is 27.6 Å². The first kappa shape index (κ1) is 29.0. The summed E-state index contributed by atoms with van der Waals surface area (Å²) in [5, 5.41) is 0. The highest BCUT2D eigenvalue weighted by molar-refractivity contribution is 6.01. The predicted molar refractivity (Wildman–Crippen MR) is 142 cm³/mol. The van der Waals surface area contributed by atoms with Crippen LogP contribution in [0.5, 0.6) is 0 Å². The average molecular weight is 586 g/mol. The van der Waals surface area contributed by atoms with Gasteiger partial charge in [0.2, 0.25) is 0 Å². The maximum Gasteiger partial charge on any atom is 0.416 e. The van der Waals surface area contributed by atoms with Gasteiger partial charge in [0.1, 0.15) is 18.5 Å². The van der Waals surface area contributed by atoms with E-state index in [0.29, 0.717) is 22.1 Å². The van der Waals surface area contributed by atoms with Crippen LogP contribution in [0.25, 0.3) is 0 Å². The first-order valence-electron chi connectivity index (χ1n) is 13.3. The van der Waals surface area contributed by atoms with E-state index < -0.39 is 58.9 Å². The number of pyridine rings is 1. The highest BCUT2D eigenvalue weighted by atomic mass is 19.4. The van der Waals surface area contributed by atoms with Gasteiger partial charge < -0.3 is 14.4 Å². The summed E-state index contributed by atoms with van der Waals surface area (Å²) in [6, 6.07) is 8.89. The van der Waals surface area contributed by atoms with Crippen molar-refractivity contribution >= 4 is 23.7 Å². The van der Waals surface area contributed by atoms with Crippen LogP contribution in [0.1, 0.15) is 53.5 Å². The van der Waals surface area contributed by atoms with Crippen molar-refractivity contribution in [2.45, 2.75) is 50.0 Å². The second-order valence-electron chi connectivity index (χ2n) is 10.1. The largest absolute Gasteiger partial charge is 0.467 e. The molecule has 42 heavy (non-hydrogen) atoms. The third-order valence-corrected chi connectivity index (χ3v) is 7.38. The van der Waals surface area contributed by atoms with Gasteiger partial charge >= 0.3 is 24.1 Å². The summed E-state index contributed by atoms with van der Waals surface area (Å²) in [6.45, 7) is -0.292. The van der Waals surface area contributed by atoms with Gasteiger partial charge in [-0.05, 0) is 54.5 Å². The molecule has 0 spiro atoms. The molecular weight excluding hydrogens is 558 g/mol. The Kier molecular flexibility index (Phi) is 8.15. The minimum atomic E-state index is -4.95. The zero-order valence-electron chi connectivity index (χ0n) is 22.5. The maximum absolute atomic E-state index is 15.8. The summed E-state index contributed by atoms with van der Waals surface area (Å²) in [5.74, 6) is -2.77. The van der Waals surface area contributed by atoms with Crippen molar-refractivity contribution < 1.29 is 41.4 Å². The number of urea groups is 1. The number of carbonyl (C=O) groups excluding carboxylic acids is 3. The van der Waals surface area contributed by atoms with Crippen LogP contribution in [0.4, 0.5) is 28.0 Å². The number of aromatic nitrogens is 1. The lowest BCUT2D eigenvalue weighted by atomic mass is 9.98. The molecule has 0 radical (unpaired) electrons. The number of carbonyl (C=O) groups is 3. The quantitative estimate of drug-likeness (QED) is 0.246. The fourth-order valence-electron chi connectivity index (χ4n) is 4.94. The molecule has 1 saturated heterocycles. The molecule has 1 aliphatic heterocycles. The second-order valence-corrected chi connectivity index (χ2v) is 10.1. The van der Waals surface area contributed by atoms with E-state index in [1.165, 1.54) is 12.1 Å². The Balaban J connectivity index is 1.64. The number of nitrogens with zero attached hydrogens (tertiary/aromatic N) is 3. The summed E-state index contributed by atoms with van der Waals surface area (Å²) in [6.07, 6.45) is -1.31. The average Bonchev–Trinajstić information content (AvgIpc) is 3.80. The number of benzene rings is 2. The zero-order chi connectivity index (χ0) is 30.0. The number of alkyl halides is 3. The molecule has 5 rings (SSSR count). The molecule has 0 bridgehead atoms. The van der Waals surface area contributed by atoms with Gasteiger partial charge in [0.05, 0.1) is 18.4 Å². The second kappa shape index (κ2) is 11.8. The number of amides is 2. The number of hydrogen-bond acceptors (Lipinski definition) is 6. The number of rotatable bonds is 8. The molecule has 1 unspecified atom stereocenters. The molecular formula is C30H27F4N3O5. The lowest BCUT2D eigenvalue weighted by Crippen LogP contribution is -2.60. The van der Waals surface area contributed by atoms with Crippen LogP contribution < -0.4 is 4.90 Å². The van der Waals surface area contributed by atoms with Crippen molar-refractivity contribution in [2.24, 2.45) is 0 Å². The Morgan fingerprint density at radius 2 is 1.81 bits per heavy atom. The molecule has 2 fully saturated rings. The first-order chi connectivity index (χ1) is 20.1. The third kappa shape index (κ3) is 5.93. The zero-order valence-corrected chi connectivity index (χ0v) is 22.5. The van der Waals surface area contributed by atoms with Crippen LogP contribution in [0.15, 0.2) is 67.0 Å². The van der Waals surface area contributed by atoms with Crippen molar-refractivity contribution in [1.29, 1.82) is 0 Å². The van der Waals surface area contributed by atoms with Crippen molar-refractivity contribution in [2.75, 3.05) is 18.6 Å². The van der Waals surface area contributed by atoms with Gasteiger partial charge in [0.15, 0.2) is 6.04 Å². The van der Waals surface area contributed by atoms with E-state index in [4.69, 9.17) is 9.47 Å². The summed E-state index contributed by atoms with van der Waals surface area (Å²) in [5.41, 5.74) is -1.20. The van der Waals surface area contributed by atoms with Crippen molar-refractivity contribution in [3.05, 3.63) is 95.1 Å². The standard InChI is InChI=1S/C30H27F4N3O5/c1-41-27(38)25-12-14-36(25)29(40)37(24-10-9-20(15-23(24)31)19-7-8-19)26(21-16-35-13-11-22(21)30(32,33)34)28(39)42-17-18-5-3-2-4-6-18/h2-6,9-11,13,15-16,19,25-26H,7-8,12,14,17H2,1H3/t25-,26?/m1/s1. The predicted octanol–water partition coefficient (Wildman–Crippen LogP) is 5.78. The normalized spacial score (nSPS) is 17.2. The van der Waals surface area contributed by atoms with Crippen LogP contribution in [-0.4, -0.2) is 47.6 Å². The molecule has 2 heterocycles. The number of likely N-dealkylation sites (tertiary alicyclic amines) is 1. The van der Waals surface area contributed by atoms with Gasteiger partial charge in [0, 0.05) is 24.5 Å². The minimum absolute atomic E-state index is 0.0296. The first-order valence-corrected chi connectivity index (χ1v) is 13.3. The molecule has 2 amide bonds. The van der Waals surface area contributed by atoms with E-state index in [1.807, 2.05) is 0 Å². The van der Waals surface area contributed by atoms with Crippen LogP contribution in [0.2, 0.25) is 0 Å². The summed E-state index contributed by atoms with van der Waals surface area (Å²) < 4.78 is 68.7. The fraction of sp³-hybridized carbons (Fsp3) is 0.333. The van der Waals surface area contributed by atoms with E-state index in [2.05, 4.69) is 4.98 Å². The Labute approximate surface area is 238 Å². The monoisotopic (exact) mass is 585 g/mol. The van der Waals surface area contributed by atoms with Gasteiger partial charge in [-0.1, -0.05) is 36.4 Å². The molecule has 2 aliphatic rings. The van der Waals surface area contributed by atoms with E-state index in [0.717, 1.165) is 37.2 Å². The Bertz CT molecular complexity index is 1480. The molecule has 2 atom stereocenters. The van der Waals surface area contributed by atoms with Crippen molar-refractivity contribution in [3.63, 3.8) is 0 Å². The van der Waals surface area contributed by atoms with Crippen molar-refractivity contribution in [1.82, 2.24) is 9.88 Å². The molecule has 1 aromatic heterocycles. The van der Waals surface area contributed by atoms with Crippen molar-refractivity contribution in [3.8, 4) is 0 Å². The number of methoxy groups -OCH3 is 1. The topological polar surface area (TPSA) is 89.0 Å². The Hall–Kier alpha value is -4.48. The highest BCUT2D eigenvalue weighted by Gasteiger charge is 2.47. The third-order valence-electron chi connectivity index (χ3n) is 7.38. The van der Waals surface area contributed by atoms with Gasteiger partial charge in [0.25, 0.3) is 0 Å². The van der Waals surface area contributed by atoms with Gasteiger partial charge in [-0.15, -0.1) is 0 Å². The minimum Gasteiger partial charge on any atom is -0.467 e. The smallest absolute Gasteiger partial charge is 0.416 e. The number of ether oxygens (including phenoxy) is 2. The number of hydrogen-bond donors (Lipinski definition) is 0. The Morgan fingerprint density at radius 3 is 2.40 bits per heavy atom. The van der Waals surface area contributed by atoms with E-state index >= 15 is 4.39 Å². The van der Waals surface area contributed by atoms with Crippen LogP contribution in [-0.2, 0) is 31.8 Å². The molecule has 1 aliphatic carbocycles. The maximum atomic E-state index is 15.8. The number of halogens is 4. The van der Waals surface area contributed by atoms with Gasteiger partial charge in [-0.25, -0.2) is 18.8 Å². The Morgan fingerprint density at radius 1 is 1.07 bits per heavy atom. The van der Waals surface area contributed by atoms with Gasteiger partial charge in [-0.2, -0.15) is 13.2 Å². The number of anilines is 1. The molecule has 1 saturated carbocycles. The van der Waals surface area contributed by atoms with E-state index in [-0.39, 0.29) is 25.5 Å². The molecule has 12 heteroatoms. The summed E-state index contributed by atoms with van der Waals surface area (Å²) in [7, 11) is 1.13. The van der Waals surface area contributed by atoms with Crippen LogP contribution in [0, 0.1) is 5.82 Å². The molecule has 8 nitrogen and oxygen atoms in total. The van der Waals surface area contributed by atoms with Gasteiger partial charge in [-0.3, -0.25) is 9.88 Å². The number of esters is 2. The highest BCUT2D eigenvalue weighted by Crippen LogP contribution is 2.43. The van der Waals surface area contributed by atoms with Crippen LogP contribution in [0.3, 0.4) is 0 Å². The summed E-state index contributed by atoms with van der Waals surface area (Å²) in [4.78, 5) is 45.6. The molecule has 2 aromatic carbocycles. The fourth-order valence-corrected chi connectivity index (χ4v) is 4.94. The molecule has 220 valence electrons. The lowest BCUT2D eigenvalue weighted by Gasteiger charge is -2.43. The van der Waals surface area contributed by atoms with Crippen LogP contribution >= 0.6 is 0 Å². The summed E-state index contributed by atoms with van der Waals surface area (Å²) >= 11 is 0.